The van der Waals surface area contributed by atoms with Crippen LogP contribution >= 0.6 is 0 Å². The quantitative estimate of drug-likeness (QED) is 0.575. The Bertz CT molecular complexity index is 258. The Morgan fingerprint density at radius 2 is 2.00 bits per heavy atom. The fraction of sp³-hybridized carbons (Fsp3) is 0.778. The third-order valence-electron chi connectivity index (χ3n) is 3.22. The molecular formula is C9H14N2O2. The molecule has 13 heavy (non-hydrogen) atoms. The van der Waals surface area contributed by atoms with Crippen molar-refractivity contribution in [3.05, 3.63) is 0 Å². The molecule has 1 atom stereocenters. The van der Waals surface area contributed by atoms with Crippen LogP contribution in [0.25, 0.3) is 0 Å². The molecule has 2 saturated carbocycles. The zero-order valence-corrected chi connectivity index (χ0v) is 7.72. The van der Waals surface area contributed by atoms with Gasteiger partial charge in [-0.1, -0.05) is 6.42 Å². The molecule has 0 aromatic heterocycles. The van der Waals surface area contributed by atoms with Crippen molar-refractivity contribution in [2.45, 2.75) is 32.6 Å². The van der Waals surface area contributed by atoms with Crippen molar-refractivity contribution in [1.29, 1.82) is 0 Å². The Balaban J connectivity index is 1.76. The van der Waals surface area contributed by atoms with Crippen molar-refractivity contribution in [3.8, 4) is 0 Å². The summed E-state index contributed by atoms with van der Waals surface area (Å²) in [5.41, 5.74) is 5.08. The first kappa shape index (κ1) is 8.53. The van der Waals surface area contributed by atoms with E-state index < -0.39 is 0 Å². The van der Waals surface area contributed by atoms with Gasteiger partial charge < -0.3 is 0 Å². The van der Waals surface area contributed by atoms with E-state index in [-0.39, 0.29) is 17.7 Å². The highest BCUT2D eigenvalue weighted by molar-refractivity contribution is 5.85. The van der Waals surface area contributed by atoms with Crippen molar-refractivity contribution in [1.82, 2.24) is 10.9 Å². The number of hydrogen-bond donors (Lipinski definition) is 2. The standard InChI is InChI=1S/C9H14N2O2/c1-6(12)10-11-8(13)7-5-9(7)3-2-4-9/h7H,2-5H2,1H3,(H,10,12)(H,11,13). The van der Waals surface area contributed by atoms with Gasteiger partial charge in [0.2, 0.25) is 11.8 Å². The Labute approximate surface area is 77.0 Å². The molecule has 1 unspecified atom stereocenters. The summed E-state index contributed by atoms with van der Waals surface area (Å²) in [6.45, 7) is 1.38. The van der Waals surface area contributed by atoms with Crippen molar-refractivity contribution in [2.75, 3.05) is 0 Å². The molecule has 4 nitrogen and oxygen atoms in total. The molecule has 0 saturated heterocycles. The first-order valence-electron chi connectivity index (χ1n) is 4.70. The molecule has 2 amide bonds. The molecule has 0 aromatic carbocycles. The molecule has 0 radical (unpaired) electrons. The number of nitrogens with one attached hydrogen (secondary N) is 2. The highest BCUT2D eigenvalue weighted by Crippen LogP contribution is 2.65. The normalized spacial score (nSPS) is 27.6. The number of rotatable bonds is 1. The molecule has 2 aliphatic rings. The predicted octanol–water partition coefficient (Wildman–Crippen LogP) is 0.344. The van der Waals surface area contributed by atoms with Crippen LogP contribution in [-0.4, -0.2) is 11.8 Å². The van der Waals surface area contributed by atoms with Crippen LogP contribution in [0.2, 0.25) is 0 Å². The highest BCUT2D eigenvalue weighted by Gasteiger charge is 2.60. The number of carbonyl (C=O) groups excluding carboxylic acids is 2. The minimum Gasteiger partial charge on any atom is -0.274 e. The monoisotopic (exact) mass is 182 g/mol. The van der Waals surface area contributed by atoms with Crippen LogP contribution in [0.15, 0.2) is 0 Å². The lowest BCUT2D eigenvalue weighted by Gasteiger charge is -2.26. The summed E-state index contributed by atoms with van der Waals surface area (Å²) in [5.74, 6) is -0.0836. The lowest BCUT2D eigenvalue weighted by atomic mass is 9.80. The number of amides is 2. The molecule has 2 aliphatic carbocycles. The van der Waals surface area contributed by atoms with Gasteiger partial charge in [0.05, 0.1) is 0 Å². The second kappa shape index (κ2) is 2.72. The second-order valence-corrected chi connectivity index (χ2v) is 4.14. The third kappa shape index (κ3) is 1.41. The fourth-order valence-electron chi connectivity index (χ4n) is 2.14. The van der Waals surface area contributed by atoms with Gasteiger partial charge in [0.1, 0.15) is 0 Å². The lowest BCUT2D eigenvalue weighted by Crippen LogP contribution is -2.42. The maximum Gasteiger partial charge on any atom is 0.242 e. The average Bonchev–Trinajstić information content (AvgIpc) is 2.73. The molecule has 2 rings (SSSR count). The van der Waals surface area contributed by atoms with E-state index in [1.807, 2.05) is 0 Å². The van der Waals surface area contributed by atoms with E-state index in [2.05, 4.69) is 10.9 Å². The van der Waals surface area contributed by atoms with E-state index in [4.69, 9.17) is 0 Å². The Morgan fingerprint density at radius 3 is 2.38 bits per heavy atom. The van der Waals surface area contributed by atoms with Crippen molar-refractivity contribution >= 4 is 11.8 Å². The third-order valence-corrected chi connectivity index (χ3v) is 3.22. The molecule has 0 bridgehead atoms. The maximum absolute atomic E-state index is 11.4. The van der Waals surface area contributed by atoms with Crippen molar-refractivity contribution < 1.29 is 9.59 Å². The minimum atomic E-state index is -0.225. The smallest absolute Gasteiger partial charge is 0.242 e. The predicted molar refractivity (Wildman–Crippen MR) is 46.4 cm³/mol. The molecule has 4 heteroatoms. The van der Waals surface area contributed by atoms with E-state index in [1.165, 1.54) is 26.2 Å². The average molecular weight is 182 g/mol. The number of hydrogen-bond acceptors (Lipinski definition) is 2. The first-order valence-corrected chi connectivity index (χ1v) is 4.70. The fourth-order valence-corrected chi connectivity index (χ4v) is 2.14. The maximum atomic E-state index is 11.4. The molecule has 2 fully saturated rings. The summed E-state index contributed by atoms with van der Waals surface area (Å²) in [7, 11) is 0. The van der Waals surface area contributed by atoms with Crippen LogP contribution < -0.4 is 10.9 Å². The Kier molecular flexibility index (Phi) is 1.78. The molecule has 1 spiro atoms. The molecule has 0 aromatic rings. The van der Waals surface area contributed by atoms with Gasteiger partial charge in [-0.3, -0.25) is 20.4 Å². The van der Waals surface area contributed by atoms with Gasteiger partial charge in [-0.25, -0.2) is 0 Å². The van der Waals surface area contributed by atoms with Crippen LogP contribution in [0.3, 0.4) is 0 Å². The Hall–Kier alpha value is -1.06. The van der Waals surface area contributed by atoms with Crippen LogP contribution in [-0.2, 0) is 9.59 Å². The summed E-state index contributed by atoms with van der Waals surface area (Å²) >= 11 is 0. The molecule has 0 heterocycles. The van der Waals surface area contributed by atoms with E-state index in [0.29, 0.717) is 5.41 Å². The number of hydrazine groups is 1. The van der Waals surface area contributed by atoms with Crippen LogP contribution in [0, 0.1) is 11.3 Å². The highest BCUT2D eigenvalue weighted by atomic mass is 16.2. The molecule has 72 valence electrons. The lowest BCUT2D eigenvalue weighted by molar-refractivity contribution is -0.129. The van der Waals surface area contributed by atoms with Gasteiger partial charge >= 0.3 is 0 Å². The SMILES string of the molecule is CC(=O)NNC(=O)C1CC12CCC2. The van der Waals surface area contributed by atoms with Gasteiger partial charge in [-0.2, -0.15) is 0 Å². The topological polar surface area (TPSA) is 58.2 Å². The van der Waals surface area contributed by atoms with Gasteiger partial charge in [0, 0.05) is 12.8 Å². The molecule has 2 N–H and O–H groups in total. The summed E-state index contributed by atoms with van der Waals surface area (Å²) in [6, 6.07) is 0. The number of carbonyl (C=O) groups is 2. The van der Waals surface area contributed by atoms with Crippen LogP contribution in [0.1, 0.15) is 32.6 Å². The summed E-state index contributed by atoms with van der Waals surface area (Å²) in [6.07, 6.45) is 4.64. The van der Waals surface area contributed by atoms with Gasteiger partial charge in [0.15, 0.2) is 0 Å². The van der Waals surface area contributed by atoms with Crippen LogP contribution in [0.4, 0.5) is 0 Å². The van der Waals surface area contributed by atoms with Gasteiger partial charge in [-0.05, 0) is 24.7 Å². The van der Waals surface area contributed by atoms with E-state index >= 15 is 0 Å². The molecular weight excluding hydrogens is 168 g/mol. The first-order chi connectivity index (χ1) is 6.14. The van der Waals surface area contributed by atoms with Gasteiger partial charge in [-0.15, -0.1) is 0 Å². The largest absolute Gasteiger partial charge is 0.274 e. The van der Waals surface area contributed by atoms with E-state index in [1.54, 1.807) is 0 Å². The molecule has 0 aliphatic heterocycles. The summed E-state index contributed by atoms with van der Waals surface area (Å²) in [5, 5.41) is 0. The van der Waals surface area contributed by atoms with Crippen LogP contribution in [0.5, 0.6) is 0 Å². The van der Waals surface area contributed by atoms with E-state index in [0.717, 1.165) is 6.42 Å². The summed E-state index contributed by atoms with van der Waals surface area (Å²) in [4.78, 5) is 21.9. The van der Waals surface area contributed by atoms with Gasteiger partial charge in [0.25, 0.3) is 0 Å². The zero-order chi connectivity index (χ0) is 9.47. The van der Waals surface area contributed by atoms with Crippen molar-refractivity contribution in [3.63, 3.8) is 0 Å². The second-order valence-electron chi connectivity index (χ2n) is 4.14. The minimum absolute atomic E-state index is 0.0186. The zero-order valence-electron chi connectivity index (χ0n) is 7.72. The summed E-state index contributed by atoms with van der Waals surface area (Å²) < 4.78 is 0. The van der Waals surface area contributed by atoms with Crippen molar-refractivity contribution in [2.24, 2.45) is 11.3 Å². The Morgan fingerprint density at radius 1 is 1.31 bits per heavy atom. The van der Waals surface area contributed by atoms with E-state index in [9.17, 15) is 9.59 Å².